The minimum absolute atomic E-state index is 0.174. The van der Waals surface area contributed by atoms with Gasteiger partial charge in [-0.15, -0.1) is 11.3 Å². The lowest BCUT2D eigenvalue weighted by Crippen LogP contribution is -2.37. The maximum Gasteiger partial charge on any atom is 0.337 e. The second kappa shape index (κ2) is 8.24. The van der Waals surface area contributed by atoms with Crippen LogP contribution in [-0.4, -0.2) is 53.9 Å². The molecule has 1 aromatic carbocycles. The molecule has 2 fully saturated rings. The van der Waals surface area contributed by atoms with Crippen molar-refractivity contribution < 1.29 is 14.3 Å². The van der Waals surface area contributed by atoms with Crippen LogP contribution in [0, 0.1) is 11.3 Å². The predicted octanol–water partition coefficient (Wildman–Crippen LogP) is 3.19. The van der Waals surface area contributed by atoms with Crippen LogP contribution in [-0.2, 0) is 22.6 Å². The zero-order chi connectivity index (χ0) is 20.4. The van der Waals surface area contributed by atoms with E-state index in [1.165, 1.54) is 12.7 Å². The normalized spacial score (nSPS) is 20.4. The van der Waals surface area contributed by atoms with Crippen LogP contribution < -0.4 is 0 Å². The molecular weight excluding hydrogens is 386 g/mol. The molecule has 0 radical (unpaired) electrons. The van der Waals surface area contributed by atoms with Crippen molar-refractivity contribution in [2.75, 3.05) is 27.2 Å². The Labute approximate surface area is 175 Å². The first kappa shape index (κ1) is 20.0. The molecule has 29 heavy (non-hydrogen) atoms. The van der Waals surface area contributed by atoms with E-state index in [9.17, 15) is 9.59 Å². The van der Waals surface area contributed by atoms with Crippen LogP contribution in [0.4, 0.5) is 0 Å². The number of thiazole rings is 1. The Morgan fingerprint density at radius 2 is 2.00 bits per heavy atom. The number of amides is 1. The van der Waals surface area contributed by atoms with Gasteiger partial charge in [-0.05, 0) is 55.5 Å². The number of hydrogen-bond acceptors (Lipinski definition) is 6. The number of esters is 1. The fourth-order valence-corrected chi connectivity index (χ4v) is 4.98. The Bertz CT molecular complexity index is 858. The smallest absolute Gasteiger partial charge is 0.337 e. The monoisotopic (exact) mass is 413 g/mol. The van der Waals surface area contributed by atoms with Gasteiger partial charge in [0.15, 0.2) is 0 Å². The Morgan fingerprint density at radius 1 is 1.28 bits per heavy atom. The van der Waals surface area contributed by atoms with E-state index in [0.717, 1.165) is 44.6 Å². The summed E-state index contributed by atoms with van der Waals surface area (Å²) in [6.45, 7) is 3.50. The highest BCUT2D eigenvalue weighted by molar-refractivity contribution is 7.07. The molecule has 2 aliphatic rings. The van der Waals surface area contributed by atoms with Crippen LogP contribution in [0.2, 0.25) is 0 Å². The summed E-state index contributed by atoms with van der Waals surface area (Å²) >= 11 is 1.57. The summed E-state index contributed by atoms with van der Waals surface area (Å²) in [6.07, 6.45) is 3.18. The highest BCUT2D eigenvalue weighted by atomic mass is 32.1. The minimum atomic E-state index is -0.305. The molecule has 6 nitrogen and oxygen atoms in total. The zero-order valence-electron chi connectivity index (χ0n) is 17.0. The molecule has 1 aliphatic heterocycles. The summed E-state index contributed by atoms with van der Waals surface area (Å²) in [7, 11) is 3.29. The molecule has 1 saturated carbocycles. The topological polar surface area (TPSA) is 62.7 Å². The third kappa shape index (κ3) is 4.36. The number of methoxy groups -OCH3 is 1. The van der Waals surface area contributed by atoms with Gasteiger partial charge in [-0.1, -0.05) is 12.1 Å². The largest absolute Gasteiger partial charge is 0.465 e. The van der Waals surface area contributed by atoms with Crippen LogP contribution in [0.1, 0.15) is 40.9 Å². The predicted molar refractivity (Wildman–Crippen MR) is 111 cm³/mol. The Morgan fingerprint density at radius 3 is 2.62 bits per heavy atom. The van der Waals surface area contributed by atoms with Crippen molar-refractivity contribution in [3.63, 3.8) is 0 Å². The van der Waals surface area contributed by atoms with E-state index in [1.807, 2.05) is 47.1 Å². The first-order valence-electron chi connectivity index (χ1n) is 10.0. The fourth-order valence-electron chi connectivity index (χ4n) is 4.43. The van der Waals surface area contributed by atoms with E-state index in [-0.39, 0.29) is 23.2 Å². The van der Waals surface area contributed by atoms with Gasteiger partial charge in [-0.3, -0.25) is 9.69 Å². The van der Waals surface area contributed by atoms with Crippen molar-refractivity contribution in [2.24, 2.45) is 11.3 Å². The molecule has 1 amide bonds. The Kier molecular flexibility index (Phi) is 5.69. The van der Waals surface area contributed by atoms with E-state index in [1.54, 1.807) is 11.3 Å². The van der Waals surface area contributed by atoms with Gasteiger partial charge in [0, 0.05) is 24.9 Å². The van der Waals surface area contributed by atoms with E-state index in [0.29, 0.717) is 12.1 Å². The molecule has 4 rings (SSSR count). The summed E-state index contributed by atoms with van der Waals surface area (Å²) in [6, 6.07) is 7.63. The van der Waals surface area contributed by atoms with Gasteiger partial charge in [0.2, 0.25) is 5.91 Å². The maximum atomic E-state index is 12.8. The molecule has 7 heteroatoms. The highest BCUT2D eigenvalue weighted by Gasteiger charge is 2.58. The van der Waals surface area contributed by atoms with Crippen molar-refractivity contribution in [2.45, 2.75) is 32.4 Å². The van der Waals surface area contributed by atoms with Crippen LogP contribution >= 0.6 is 11.3 Å². The van der Waals surface area contributed by atoms with Crippen molar-refractivity contribution in [3.8, 4) is 0 Å². The minimum Gasteiger partial charge on any atom is -0.465 e. The number of nitrogens with zero attached hydrogens (tertiary/aromatic N) is 3. The molecule has 1 aromatic heterocycles. The molecule has 2 aromatic rings. The molecule has 1 unspecified atom stereocenters. The fraction of sp³-hybridized carbons (Fsp3) is 0.500. The zero-order valence-corrected chi connectivity index (χ0v) is 17.8. The van der Waals surface area contributed by atoms with E-state index < -0.39 is 0 Å². The second-order valence-electron chi connectivity index (χ2n) is 8.26. The molecule has 154 valence electrons. The SMILES string of the molecule is COC(=O)c1ccc(CN2CCC3(CC2)CC3C(=O)N(C)Cc2cscn2)cc1. The van der Waals surface area contributed by atoms with Gasteiger partial charge >= 0.3 is 5.97 Å². The molecule has 1 aliphatic carbocycles. The summed E-state index contributed by atoms with van der Waals surface area (Å²) in [5.74, 6) is 0.137. The van der Waals surface area contributed by atoms with Crippen molar-refractivity contribution in [1.29, 1.82) is 0 Å². The highest BCUT2D eigenvalue weighted by Crippen LogP contribution is 2.60. The number of aromatic nitrogens is 1. The molecule has 1 spiro atoms. The molecule has 1 saturated heterocycles. The lowest BCUT2D eigenvalue weighted by atomic mass is 9.90. The summed E-state index contributed by atoms with van der Waals surface area (Å²) < 4.78 is 4.75. The van der Waals surface area contributed by atoms with E-state index in [2.05, 4.69) is 9.88 Å². The van der Waals surface area contributed by atoms with Crippen LogP contribution in [0.3, 0.4) is 0 Å². The van der Waals surface area contributed by atoms with Crippen molar-refractivity contribution >= 4 is 23.2 Å². The van der Waals surface area contributed by atoms with Gasteiger partial charge in [-0.2, -0.15) is 0 Å². The van der Waals surface area contributed by atoms with Gasteiger partial charge in [0.1, 0.15) is 0 Å². The molecule has 2 heterocycles. The number of carbonyl (C=O) groups excluding carboxylic acids is 2. The third-order valence-electron chi connectivity index (χ3n) is 6.38. The molecular formula is C22H27N3O3S. The number of piperidine rings is 1. The average Bonchev–Trinajstić information content (AvgIpc) is 3.18. The lowest BCUT2D eigenvalue weighted by molar-refractivity contribution is -0.133. The van der Waals surface area contributed by atoms with Gasteiger partial charge in [0.05, 0.1) is 30.4 Å². The number of carbonyl (C=O) groups is 2. The van der Waals surface area contributed by atoms with Gasteiger partial charge in [0.25, 0.3) is 0 Å². The van der Waals surface area contributed by atoms with Gasteiger partial charge in [-0.25, -0.2) is 9.78 Å². The van der Waals surface area contributed by atoms with Crippen LogP contribution in [0.25, 0.3) is 0 Å². The first-order chi connectivity index (χ1) is 14.0. The lowest BCUT2D eigenvalue weighted by Gasteiger charge is -2.33. The van der Waals surface area contributed by atoms with Crippen molar-refractivity contribution in [1.82, 2.24) is 14.8 Å². The summed E-state index contributed by atoms with van der Waals surface area (Å²) in [5.41, 5.74) is 4.76. The number of benzene rings is 1. The Balaban J connectivity index is 1.26. The maximum absolute atomic E-state index is 12.8. The van der Waals surface area contributed by atoms with Crippen molar-refractivity contribution in [3.05, 3.63) is 52.0 Å². The molecule has 0 N–H and O–H groups in total. The quantitative estimate of drug-likeness (QED) is 0.681. The number of rotatable bonds is 6. The van der Waals surface area contributed by atoms with E-state index in [4.69, 9.17) is 4.74 Å². The summed E-state index contributed by atoms with van der Waals surface area (Å²) in [4.78, 5) is 33.0. The van der Waals surface area contributed by atoms with Crippen LogP contribution in [0.15, 0.2) is 35.2 Å². The average molecular weight is 414 g/mol. The van der Waals surface area contributed by atoms with E-state index >= 15 is 0 Å². The third-order valence-corrected chi connectivity index (χ3v) is 7.02. The summed E-state index contributed by atoms with van der Waals surface area (Å²) in [5, 5.41) is 2.00. The van der Waals surface area contributed by atoms with Crippen LogP contribution in [0.5, 0.6) is 0 Å². The Hall–Kier alpha value is -2.25. The molecule has 0 bridgehead atoms. The molecule has 1 atom stereocenters. The number of ether oxygens (including phenoxy) is 1. The van der Waals surface area contributed by atoms with Gasteiger partial charge < -0.3 is 9.64 Å². The first-order valence-corrected chi connectivity index (χ1v) is 11.0. The number of hydrogen-bond donors (Lipinski definition) is 0. The standard InChI is InChI=1S/C22H27N3O3S/c1-24(13-18-14-29-15-23-18)20(26)19-11-22(19)7-9-25(10-8-22)12-16-3-5-17(6-4-16)21(27)28-2/h3-6,14-15,19H,7-13H2,1-2H3. The second-order valence-corrected chi connectivity index (χ2v) is 8.98. The number of likely N-dealkylation sites (tertiary alicyclic amines) is 1.